The molecule has 1 fully saturated rings. The van der Waals surface area contributed by atoms with Crippen LogP contribution in [0, 0.1) is 0 Å². The summed E-state index contributed by atoms with van der Waals surface area (Å²) in [5.74, 6) is 0.928. The van der Waals surface area contributed by atoms with Gasteiger partial charge in [-0.1, -0.05) is 13.3 Å². The van der Waals surface area contributed by atoms with Gasteiger partial charge < -0.3 is 15.8 Å². The third-order valence-electron chi connectivity index (χ3n) is 3.70. The van der Waals surface area contributed by atoms with Crippen LogP contribution in [0.4, 0.5) is 0 Å². The van der Waals surface area contributed by atoms with Gasteiger partial charge >= 0.3 is 0 Å². The second kappa shape index (κ2) is 8.82. The molecule has 3 N–H and O–H groups in total. The highest BCUT2D eigenvalue weighted by molar-refractivity contribution is 7.99. The molecule has 1 amide bonds. The largest absolute Gasteiger partial charge is 0.381 e. The molecule has 1 heterocycles. The minimum atomic E-state index is -0.544. The van der Waals surface area contributed by atoms with Gasteiger partial charge in [0.2, 0.25) is 5.91 Å². The van der Waals surface area contributed by atoms with E-state index < -0.39 is 5.54 Å². The second-order valence-corrected chi connectivity index (χ2v) is 6.77. The fourth-order valence-electron chi connectivity index (χ4n) is 2.36. The quantitative estimate of drug-likeness (QED) is 0.636. The SMILES string of the molecule is CCNC(C)(CCCCSC1CCOCC1)C(N)=O. The van der Waals surface area contributed by atoms with Gasteiger partial charge in [-0.05, 0) is 44.9 Å². The molecule has 0 aliphatic carbocycles. The number of rotatable bonds is 9. The van der Waals surface area contributed by atoms with E-state index in [-0.39, 0.29) is 5.91 Å². The minimum absolute atomic E-state index is 0.244. The van der Waals surface area contributed by atoms with Crippen LogP contribution in [0.3, 0.4) is 0 Å². The highest BCUT2D eigenvalue weighted by atomic mass is 32.2. The summed E-state index contributed by atoms with van der Waals surface area (Å²) in [6, 6.07) is 0. The number of nitrogens with one attached hydrogen (secondary N) is 1. The van der Waals surface area contributed by atoms with Crippen LogP contribution in [0.5, 0.6) is 0 Å². The second-order valence-electron chi connectivity index (χ2n) is 5.37. The number of ether oxygens (including phenoxy) is 1. The maximum Gasteiger partial charge on any atom is 0.237 e. The Morgan fingerprint density at radius 2 is 2.11 bits per heavy atom. The monoisotopic (exact) mass is 288 g/mol. The number of primary amides is 1. The maximum absolute atomic E-state index is 11.5. The molecule has 1 rings (SSSR count). The van der Waals surface area contributed by atoms with E-state index in [0.717, 1.165) is 44.3 Å². The van der Waals surface area contributed by atoms with E-state index in [1.807, 2.05) is 13.8 Å². The van der Waals surface area contributed by atoms with Crippen molar-refractivity contribution in [3.63, 3.8) is 0 Å². The van der Waals surface area contributed by atoms with Gasteiger partial charge in [-0.25, -0.2) is 0 Å². The van der Waals surface area contributed by atoms with Crippen LogP contribution in [0.2, 0.25) is 0 Å². The number of likely N-dealkylation sites (N-methyl/N-ethyl adjacent to an activating group) is 1. The molecule has 0 aromatic heterocycles. The summed E-state index contributed by atoms with van der Waals surface area (Å²) < 4.78 is 5.35. The van der Waals surface area contributed by atoms with E-state index in [1.54, 1.807) is 0 Å². The van der Waals surface area contributed by atoms with Crippen LogP contribution in [0.1, 0.15) is 46.0 Å². The zero-order valence-corrected chi connectivity index (χ0v) is 13.1. The van der Waals surface area contributed by atoms with Crippen molar-refractivity contribution in [3.05, 3.63) is 0 Å². The number of thioether (sulfide) groups is 1. The Morgan fingerprint density at radius 1 is 1.42 bits per heavy atom. The fraction of sp³-hybridized carbons (Fsp3) is 0.929. The maximum atomic E-state index is 11.5. The number of hydrogen-bond acceptors (Lipinski definition) is 4. The summed E-state index contributed by atoms with van der Waals surface area (Å²) in [4.78, 5) is 11.5. The zero-order valence-electron chi connectivity index (χ0n) is 12.2. The fourth-order valence-corrected chi connectivity index (χ4v) is 3.59. The predicted octanol–water partition coefficient (Wildman–Crippen LogP) is 1.92. The van der Waals surface area contributed by atoms with Gasteiger partial charge in [0.1, 0.15) is 0 Å². The number of carbonyl (C=O) groups excluding carboxylic acids is 1. The van der Waals surface area contributed by atoms with E-state index in [1.165, 1.54) is 18.6 Å². The standard InChI is InChI=1S/C14H28N2O2S/c1-3-16-14(2,13(15)17)8-4-5-11-19-12-6-9-18-10-7-12/h12,16H,3-11H2,1-2H3,(H2,15,17). The van der Waals surface area contributed by atoms with Crippen molar-refractivity contribution in [2.45, 2.75) is 56.7 Å². The van der Waals surface area contributed by atoms with Crippen LogP contribution in [0.25, 0.3) is 0 Å². The number of amides is 1. The number of hydrogen-bond donors (Lipinski definition) is 2. The third kappa shape index (κ3) is 6.15. The molecular formula is C14H28N2O2S. The number of unbranched alkanes of at least 4 members (excludes halogenated alkanes) is 1. The lowest BCUT2D eigenvalue weighted by Gasteiger charge is -2.27. The summed E-state index contributed by atoms with van der Waals surface area (Å²) in [5, 5.41) is 3.97. The Kier molecular flexibility index (Phi) is 7.80. The Hall–Kier alpha value is -0.260. The van der Waals surface area contributed by atoms with Crippen molar-refractivity contribution in [1.82, 2.24) is 5.32 Å². The molecule has 0 aromatic carbocycles. The zero-order chi connectivity index (χ0) is 14.1. The number of nitrogens with two attached hydrogens (primary N) is 1. The molecule has 112 valence electrons. The topological polar surface area (TPSA) is 64.3 Å². The van der Waals surface area contributed by atoms with Gasteiger partial charge in [-0.15, -0.1) is 0 Å². The molecule has 0 spiro atoms. The van der Waals surface area contributed by atoms with Gasteiger partial charge in [0.15, 0.2) is 0 Å². The van der Waals surface area contributed by atoms with Crippen LogP contribution < -0.4 is 11.1 Å². The normalized spacial score (nSPS) is 20.1. The summed E-state index contributed by atoms with van der Waals surface area (Å²) in [6.07, 6.45) is 5.38. The molecule has 0 bridgehead atoms. The highest BCUT2D eigenvalue weighted by Crippen LogP contribution is 2.24. The molecule has 1 atom stereocenters. The van der Waals surface area contributed by atoms with Crippen molar-refractivity contribution >= 4 is 17.7 Å². The Balaban J connectivity index is 2.12. The van der Waals surface area contributed by atoms with E-state index in [0.29, 0.717) is 0 Å². The molecular weight excluding hydrogens is 260 g/mol. The first-order chi connectivity index (χ1) is 9.08. The van der Waals surface area contributed by atoms with Crippen molar-refractivity contribution in [2.75, 3.05) is 25.5 Å². The van der Waals surface area contributed by atoms with Crippen LogP contribution in [0.15, 0.2) is 0 Å². The van der Waals surface area contributed by atoms with Gasteiger partial charge in [0, 0.05) is 18.5 Å². The summed E-state index contributed by atoms with van der Waals surface area (Å²) in [6.45, 7) is 6.51. The van der Waals surface area contributed by atoms with Crippen LogP contribution in [-0.2, 0) is 9.53 Å². The highest BCUT2D eigenvalue weighted by Gasteiger charge is 2.28. The average Bonchev–Trinajstić information content (AvgIpc) is 2.39. The molecule has 0 aromatic rings. The minimum Gasteiger partial charge on any atom is -0.381 e. The van der Waals surface area contributed by atoms with E-state index in [4.69, 9.17) is 10.5 Å². The molecule has 1 aliphatic heterocycles. The third-order valence-corrected chi connectivity index (χ3v) is 5.17. The van der Waals surface area contributed by atoms with E-state index in [2.05, 4.69) is 17.1 Å². The Bertz CT molecular complexity index is 270. The van der Waals surface area contributed by atoms with Crippen molar-refractivity contribution in [2.24, 2.45) is 5.73 Å². The lowest BCUT2D eigenvalue weighted by molar-refractivity contribution is -0.124. The first kappa shape index (κ1) is 16.8. The summed E-state index contributed by atoms with van der Waals surface area (Å²) >= 11 is 2.05. The average molecular weight is 288 g/mol. The summed E-state index contributed by atoms with van der Waals surface area (Å²) in [5.41, 5.74) is 4.92. The van der Waals surface area contributed by atoms with Gasteiger partial charge in [0.05, 0.1) is 5.54 Å². The molecule has 1 saturated heterocycles. The first-order valence-corrected chi connectivity index (χ1v) is 8.37. The van der Waals surface area contributed by atoms with Crippen LogP contribution in [-0.4, -0.2) is 42.2 Å². The van der Waals surface area contributed by atoms with Crippen molar-refractivity contribution in [3.8, 4) is 0 Å². The Morgan fingerprint density at radius 3 is 2.68 bits per heavy atom. The van der Waals surface area contributed by atoms with Crippen molar-refractivity contribution in [1.29, 1.82) is 0 Å². The molecule has 19 heavy (non-hydrogen) atoms. The van der Waals surface area contributed by atoms with E-state index in [9.17, 15) is 4.79 Å². The predicted molar refractivity (Wildman–Crippen MR) is 81.4 cm³/mol. The van der Waals surface area contributed by atoms with Gasteiger partial charge in [-0.2, -0.15) is 11.8 Å². The molecule has 1 unspecified atom stereocenters. The molecule has 0 radical (unpaired) electrons. The first-order valence-electron chi connectivity index (χ1n) is 7.33. The molecule has 5 heteroatoms. The summed E-state index contributed by atoms with van der Waals surface area (Å²) in [7, 11) is 0. The van der Waals surface area contributed by atoms with Gasteiger partial charge in [-0.3, -0.25) is 4.79 Å². The Labute approximate surface area is 121 Å². The van der Waals surface area contributed by atoms with Crippen LogP contribution >= 0.6 is 11.8 Å². The molecule has 0 saturated carbocycles. The van der Waals surface area contributed by atoms with E-state index >= 15 is 0 Å². The molecule has 1 aliphatic rings. The lowest BCUT2D eigenvalue weighted by atomic mass is 9.94. The van der Waals surface area contributed by atoms with Gasteiger partial charge in [0.25, 0.3) is 0 Å². The number of carbonyl (C=O) groups is 1. The molecule has 4 nitrogen and oxygen atoms in total. The smallest absolute Gasteiger partial charge is 0.237 e. The lowest BCUT2D eigenvalue weighted by Crippen LogP contribution is -2.52. The van der Waals surface area contributed by atoms with Crippen molar-refractivity contribution < 1.29 is 9.53 Å².